The highest BCUT2D eigenvalue weighted by molar-refractivity contribution is 6.32. The summed E-state index contributed by atoms with van der Waals surface area (Å²) in [6.45, 7) is 3.19. The van der Waals surface area contributed by atoms with Gasteiger partial charge in [-0.1, -0.05) is 11.6 Å². The van der Waals surface area contributed by atoms with Crippen LogP contribution in [0.1, 0.15) is 48.5 Å². The third-order valence-corrected chi connectivity index (χ3v) is 4.25. The van der Waals surface area contributed by atoms with Gasteiger partial charge in [0.05, 0.1) is 11.2 Å². The highest BCUT2D eigenvalue weighted by atomic mass is 35.5. The molecule has 1 unspecified atom stereocenters. The van der Waals surface area contributed by atoms with Crippen LogP contribution in [0.5, 0.6) is 0 Å². The van der Waals surface area contributed by atoms with Gasteiger partial charge < -0.3 is 5.32 Å². The van der Waals surface area contributed by atoms with Crippen molar-refractivity contribution in [3.05, 3.63) is 33.9 Å². The number of carbonyl (C=O) groups is 1. The number of nitrogens with one attached hydrogen (secondary N) is 1. The number of aromatic nitrogens is 4. The zero-order valence-electron chi connectivity index (χ0n) is 13.6. The van der Waals surface area contributed by atoms with Crippen LogP contribution in [0.4, 0.5) is 17.6 Å². The predicted molar refractivity (Wildman–Crippen MR) is 81.7 cm³/mol. The molecule has 0 fully saturated rings. The molecule has 0 radical (unpaired) electrons. The first-order valence-electron chi connectivity index (χ1n) is 7.24. The Labute approximate surface area is 145 Å². The SMILES string of the molecule is Cc1c(CNC(=O)C(C)n2nc(C(F)F)c(Cl)c2C(F)F)cnn1C. The number of halogens is 5. The van der Waals surface area contributed by atoms with Gasteiger partial charge in [-0.15, -0.1) is 0 Å². The van der Waals surface area contributed by atoms with E-state index in [9.17, 15) is 22.4 Å². The molecule has 0 saturated heterocycles. The van der Waals surface area contributed by atoms with E-state index in [2.05, 4.69) is 15.5 Å². The molecular weight excluding hydrogens is 366 g/mol. The number of hydrogen-bond acceptors (Lipinski definition) is 3. The Morgan fingerprint density at radius 3 is 2.44 bits per heavy atom. The molecule has 11 heteroatoms. The smallest absolute Gasteiger partial charge is 0.283 e. The van der Waals surface area contributed by atoms with Gasteiger partial charge in [-0.3, -0.25) is 9.48 Å². The Hall–Kier alpha value is -2.10. The van der Waals surface area contributed by atoms with Crippen LogP contribution in [0.25, 0.3) is 0 Å². The molecule has 2 rings (SSSR count). The van der Waals surface area contributed by atoms with E-state index in [1.165, 1.54) is 6.92 Å². The molecule has 0 aliphatic rings. The molecule has 1 N–H and O–H groups in total. The molecule has 0 bridgehead atoms. The third kappa shape index (κ3) is 3.78. The van der Waals surface area contributed by atoms with Crippen LogP contribution < -0.4 is 5.32 Å². The van der Waals surface area contributed by atoms with E-state index < -0.39 is 41.2 Å². The van der Waals surface area contributed by atoms with Crippen molar-refractivity contribution in [3.8, 4) is 0 Å². The molecule has 2 aromatic rings. The summed E-state index contributed by atoms with van der Waals surface area (Å²) in [4.78, 5) is 12.2. The largest absolute Gasteiger partial charge is 0.350 e. The summed E-state index contributed by atoms with van der Waals surface area (Å²) in [5, 5.41) is 9.14. The minimum Gasteiger partial charge on any atom is -0.350 e. The van der Waals surface area contributed by atoms with Crippen LogP contribution in [-0.4, -0.2) is 25.5 Å². The quantitative estimate of drug-likeness (QED) is 0.781. The van der Waals surface area contributed by atoms with E-state index in [0.29, 0.717) is 4.68 Å². The lowest BCUT2D eigenvalue weighted by molar-refractivity contribution is -0.124. The average molecular weight is 382 g/mol. The van der Waals surface area contributed by atoms with Crippen molar-refractivity contribution in [1.29, 1.82) is 0 Å². The van der Waals surface area contributed by atoms with Crippen molar-refractivity contribution >= 4 is 17.5 Å². The van der Waals surface area contributed by atoms with Crippen molar-refractivity contribution in [2.45, 2.75) is 39.3 Å². The first-order valence-corrected chi connectivity index (χ1v) is 7.62. The lowest BCUT2D eigenvalue weighted by atomic mass is 10.2. The molecule has 25 heavy (non-hydrogen) atoms. The van der Waals surface area contributed by atoms with Crippen LogP contribution in [-0.2, 0) is 18.4 Å². The Morgan fingerprint density at radius 2 is 1.96 bits per heavy atom. The minimum absolute atomic E-state index is 0.115. The van der Waals surface area contributed by atoms with Crippen LogP contribution in [0, 0.1) is 6.92 Å². The van der Waals surface area contributed by atoms with Gasteiger partial charge in [0, 0.05) is 24.8 Å². The Kier molecular flexibility index (Phi) is 5.71. The number of amides is 1. The van der Waals surface area contributed by atoms with Gasteiger partial charge in [-0.05, 0) is 13.8 Å². The summed E-state index contributed by atoms with van der Waals surface area (Å²) in [5.74, 6) is -0.662. The van der Waals surface area contributed by atoms with Crippen molar-refractivity contribution in [3.63, 3.8) is 0 Å². The molecule has 0 spiro atoms. The molecule has 0 aromatic carbocycles. The second-order valence-electron chi connectivity index (χ2n) is 5.40. The summed E-state index contributed by atoms with van der Waals surface area (Å²) in [7, 11) is 1.73. The zero-order chi connectivity index (χ0) is 18.9. The molecular formula is C14H16ClF4N5O. The predicted octanol–water partition coefficient (Wildman–Crippen LogP) is 3.33. The second-order valence-corrected chi connectivity index (χ2v) is 5.78. The number of rotatable bonds is 6. The average Bonchev–Trinajstić information content (AvgIpc) is 3.05. The fourth-order valence-corrected chi connectivity index (χ4v) is 2.52. The van der Waals surface area contributed by atoms with Gasteiger partial charge >= 0.3 is 0 Å². The van der Waals surface area contributed by atoms with E-state index >= 15 is 0 Å². The number of carbonyl (C=O) groups excluding carboxylic acids is 1. The molecule has 0 saturated carbocycles. The van der Waals surface area contributed by atoms with E-state index in [1.807, 2.05) is 0 Å². The van der Waals surface area contributed by atoms with Crippen LogP contribution in [0.3, 0.4) is 0 Å². The monoisotopic (exact) mass is 381 g/mol. The van der Waals surface area contributed by atoms with E-state index in [4.69, 9.17) is 11.6 Å². The molecule has 1 atom stereocenters. The fourth-order valence-electron chi connectivity index (χ4n) is 2.23. The lowest BCUT2D eigenvalue weighted by Crippen LogP contribution is -2.32. The Bertz CT molecular complexity index is 774. The van der Waals surface area contributed by atoms with Crippen molar-refractivity contribution < 1.29 is 22.4 Å². The maximum atomic E-state index is 13.2. The molecule has 2 heterocycles. The number of aryl methyl sites for hydroxylation is 1. The van der Waals surface area contributed by atoms with Gasteiger partial charge in [0.1, 0.15) is 17.4 Å². The fraction of sp³-hybridized carbons (Fsp3) is 0.500. The first-order chi connectivity index (χ1) is 11.6. The third-order valence-electron chi connectivity index (χ3n) is 3.86. The number of nitrogens with zero attached hydrogens (tertiary/aromatic N) is 4. The maximum absolute atomic E-state index is 13.2. The van der Waals surface area contributed by atoms with Crippen molar-refractivity contribution in [2.75, 3.05) is 0 Å². The van der Waals surface area contributed by atoms with Gasteiger partial charge in [0.25, 0.3) is 12.9 Å². The number of hydrogen-bond donors (Lipinski definition) is 1. The van der Waals surface area contributed by atoms with Gasteiger partial charge in [0.15, 0.2) is 0 Å². The van der Waals surface area contributed by atoms with E-state index in [-0.39, 0.29) is 6.54 Å². The topological polar surface area (TPSA) is 64.7 Å². The molecule has 6 nitrogen and oxygen atoms in total. The van der Waals surface area contributed by atoms with Crippen LogP contribution in [0.15, 0.2) is 6.20 Å². The first kappa shape index (κ1) is 19.2. The summed E-state index contributed by atoms with van der Waals surface area (Å²) in [6.07, 6.45) is -4.72. The standard InChI is InChI=1S/C14H16ClF4N5O/c1-6-8(5-21-23(6)3)4-20-14(25)7(2)24-11(13(18)19)9(15)10(22-24)12(16)17/h5,7,12-13H,4H2,1-3H3,(H,20,25). The molecule has 1 amide bonds. The minimum atomic E-state index is -3.15. The summed E-state index contributed by atoms with van der Waals surface area (Å²) >= 11 is 5.58. The van der Waals surface area contributed by atoms with E-state index in [0.717, 1.165) is 11.3 Å². The van der Waals surface area contributed by atoms with Gasteiger partial charge in [-0.25, -0.2) is 22.2 Å². The van der Waals surface area contributed by atoms with Crippen molar-refractivity contribution in [2.24, 2.45) is 7.05 Å². The summed E-state index contributed by atoms with van der Waals surface area (Å²) < 4.78 is 54.2. The molecule has 0 aliphatic heterocycles. The molecule has 0 aliphatic carbocycles. The van der Waals surface area contributed by atoms with Crippen LogP contribution in [0.2, 0.25) is 5.02 Å². The zero-order valence-corrected chi connectivity index (χ0v) is 14.4. The Balaban J connectivity index is 2.21. The molecule has 138 valence electrons. The highest BCUT2D eigenvalue weighted by Gasteiger charge is 2.31. The number of alkyl halides is 4. The van der Waals surface area contributed by atoms with Gasteiger partial charge in [-0.2, -0.15) is 10.2 Å². The molecule has 2 aromatic heterocycles. The van der Waals surface area contributed by atoms with Gasteiger partial charge in [0.2, 0.25) is 5.91 Å². The summed E-state index contributed by atoms with van der Waals surface area (Å²) in [5.41, 5.74) is -0.316. The second kappa shape index (κ2) is 7.42. The Morgan fingerprint density at radius 1 is 1.32 bits per heavy atom. The normalized spacial score (nSPS) is 12.9. The summed E-state index contributed by atoms with van der Waals surface area (Å²) in [6, 6.07) is -1.24. The van der Waals surface area contributed by atoms with Crippen molar-refractivity contribution in [1.82, 2.24) is 24.9 Å². The van der Waals surface area contributed by atoms with E-state index in [1.54, 1.807) is 24.9 Å². The lowest BCUT2D eigenvalue weighted by Gasteiger charge is -2.15. The maximum Gasteiger partial charge on any atom is 0.283 e. The highest BCUT2D eigenvalue weighted by Crippen LogP contribution is 2.36. The van der Waals surface area contributed by atoms with Crippen LogP contribution >= 0.6 is 11.6 Å².